The van der Waals surface area contributed by atoms with E-state index in [0.717, 1.165) is 30.4 Å². The molecule has 1 aliphatic heterocycles. The maximum absolute atomic E-state index is 12.8. The van der Waals surface area contributed by atoms with E-state index in [1.807, 2.05) is 41.5 Å². The number of benzene rings is 1. The number of rotatable bonds is 6. The van der Waals surface area contributed by atoms with Gasteiger partial charge < -0.3 is 0 Å². The Bertz CT molecular complexity index is 1290. The van der Waals surface area contributed by atoms with E-state index < -0.39 is 10.0 Å². The minimum Gasteiger partial charge on any atom is -0.268 e. The fourth-order valence-electron chi connectivity index (χ4n) is 3.88. The third-order valence-electron chi connectivity index (χ3n) is 5.64. The molecule has 0 aliphatic carbocycles. The summed E-state index contributed by atoms with van der Waals surface area (Å²) in [5, 5.41) is 8.84. The normalized spacial score (nSPS) is 15.1. The van der Waals surface area contributed by atoms with Crippen LogP contribution in [0.15, 0.2) is 78.3 Å². The molecule has 9 heteroatoms. The van der Waals surface area contributed by atoms with Crippen LogP contribution in [0.5, 0.6) is 0 Å². The zero-order valence-electron chi connectivity index (χ0n) is 17.6. The average molecular weight is 449 g/mol. The van der Waals surface area contributed by atoms with Crippen molar-refractivity contribution in [3.8, 4) is 16.9 Å². The Labute approximate surface area is 187 Å². The van der Waals surface area contributed by atoms with Crippen LogP contribution in [0, 0.1) is 0 Å². The summed E-state index contributed by atoms with van der Waals surface area (Å²) in [6, 6.07) is 13.5. The summed E-state index contributed by atoms with van der Waals surface area (Å²) < 4.78 is 30.7. The number of nitrogens with zero attached hydrogens (tertiary/aromatic N) is 6. The molecule has 1 aromatic carbocycles. The van der Waals surface area contributed by atoms with Crippen molar-refractivity contribution in [1.29, 1.82) is 0 Å². The third kappa shape index (κ3) is 4.21. The Morgan fingerprint density at radius 2 is 1.56 bits per heavy atom. The molecular formula is C23H24N6O2S. The van der Waals surface area contributed by atoms with Crippen LogP contribution in [-0.4, -0.2) is 50.4 Å². The van der Waals surface area contributed by atoms with E-state index in [-0.39, 0.29) is 4.90 Å². The van der Waals surface area contributed by atoms with Crippen LogP contribution in [0.25, 0.3) is 16.9 Å². The van der Waals surface area contributed by atoms with Crippen LogP contribution in [0.1, 0.15) is 24.8 Å². The molecule has 164 valence electrons. The highest BCUT2D eigenvalue weighted by Gasteiger charge is 2.26. The van der Waals surface area contributed by atoms with Gasteiger partial charge in [-0.25, -0.2) is 18.1 Å². The molecule has 0 amide bonds. The van der Waals surface area contributed by atoms with Gasteiger partial charge in [0.05, 0.1) is 18.9 Å². The second-order valence-electron chi connectivity index (χ2n) is 7.90. The summed E-state index contributed by atoms with van der Waals surface area (Å²) in [4.78, 5) is 4.57. The molecule has 4 aromatic rings. The molecule has 3 aromatic heterocycles. The molecule has 1 fully saturated rings. The van der Waals surface area contributed by atoms with E-state index in [4.69, 9.17) is 0 Å². The number of aromatic nitrogens is 5. The van der Waals surface area contributed by atoms with Gasteiger partial charge in [-0.1, -0.05) is 36.8 Å². The van der Waals surface area contributed by atoms with Crippen molar-refractivity contribution in [3.05, 3.63) is 79.0 Å². The van der Waals surface area contributed by atoms with Crippen LogP contribution in [-0.2, 0) is 16.6 Å². The lowest BCUT2D eigenvalue weighted by Crippen LogP contribution is -2.35. The lowest BCUT2D eigenvalue weighted by atomic mass is 10.2. The first-order valence-corrected chi connectivity index (χ1v) is 12.1. The number of sulfonamides is 1. The molecular weight excluding hydrogens is 424 g/mol. The molecule has 0 N–H and O–H groups in total. The minimum atomic E-state index is -3.49. The minimum absolute atomic E-state index is 0.220. The quantitative estimate of drug-likeness (QED) is 0.452. The van der Waals surface area contributed by atoms with Gasteiger partial charge in [-0.15, -0.1) is 0 Å². The van der Waals surface area contributed by atoms with Crippen molar-refractivity contribution in [2.45, 2.75) is 30.7 Å². The van der Waals surface area contributed by atoms with E-state index in [0.29, 0.717) is 25.5 Å². The fraction of sp³-hybridized carbons (Fsp3) is 0.261. The topological polar surface area (TPSA) is 85.9 Å². The summed E-state index contributed by atoms with van der Waals surface area (Å²) in [6.45, 7) is 1.85. The SMILES string of the molecule is O=S(=O)(c1ccc(-n2cc(-c3cnn(Cc4ccccc4)c3)cn2)nc1)N1CCCCC1. The Morgan fingerprint density at radius 3 is 2.31 bits per heavy atom. The van der Waals surface area contributed by atoms with Gasteiger partial charge in [0.1, 0.15) is 4.90 Å². The van der Waals surface area contributed by atoms with E-state index in [9.17, 15) is 8.42 Å². The molecule has 0 radical (unpaired) electrons. The number of hydrogen-bond donors (Lipinski definition) is 0. The molecule has 0 bridgehead atoms. The summed E-state index contributed by atoms with van der Waals surface area (Å²) in [7, 11) is -3.49. The Morgan fingerprint density at radius 1 is 0.812 bits per heavy atom. The molecule has 0 atom stereocenters. The van der Waals surface area contributed by atoms with Gasteiger partial charge in [0, 0.05) is 42.8 Å². The van der Waals surface area contributed by atoms with Crippen LogP contribution in [0.2, 0.25) is 0 Å². The molecule has 4 heterocycles. The Hall–Kier alpha value is -3.30. The van der Waals surface area contributed by atoms with Crippen molar-refractivity contribution < 1.29 is 8.42 Å². The number of piperidine rings is 1. The van der Waals surface area contributed by atoms with Gasteiger partial charge in [-0.3, -0.25) is 4.68 Å². The van der Waals surface area contributed by atoms with E-state index in [1.54, 1.807) is 27.3 Å². The molecule has 1 aliphatic rings. The maximum Gasteiger partial charge on any atom is 0.244 e. The summed E-state index contributed by atoms with van der Waals surface area (Å²) in [5.74, 6) is 0.561. The van der Waals surface area contributed by atoms with E-state index >= 15 is 0 Å². The van der Waals surface area contributed by atoms with Crippen molar-refractivity contribution in [2.24, 2.45) is 0 Å². The standard InChI is InChI=1S/C23H24N6O2S/c30-32(31,28-11-5-2-6-12-28)22-9-10-23(24-15-22)29-18-21(14-26-29)20-13-25-27(17-20)16-19-7-3-1-4-8-19/h1,3-4,7-10,13-15,17-18H,2,5-6,11-12,16H2. The molecule has 1 saturated heterocycles. The first-order valence-electron chi connectivity index (χ1n) is 10.7. The lowest BCUT2D eigenvalue weighted by molar-refractivity contribution is 0.346. The second-order valence-corrected chi connectivity index (χ2v) is 9.84. The molecule has 32 heavy (non-hydrogen) atoms. The molecule has 5 rings (SSSR count). The fourth-order valence-corrected chi connectivity index (χ4v) is 5.34. The largest absolute Gasteiger partial charge is 0.268 e. The molecule has 0 spiro atoms. The summed E-state index contributed by atoms with van der Waals surface area (Å²) in [5.41, 5.74) is 3.05. The first kappa shape index (κ1) is 20.6. The zero-order chi connectivity index (χ0) is 22.0. The molecule has 0 saturated carbocycles. The van der Waals surface area contributed by atoms with Crippen molar-refractivity contribution >= 4 is 10.0 Å². The Kier molecular flexibility index (Phi) is 5.59. The van der Waals surface area contributed by atoms with E-state index in [2.05, 4.69) is 27.3 Å². The second kappa shape index (κ2) is 8.68. The third-order valence-corrected chi connectivity index (χ3v) is 7.53. The Balaban J connectivity index is 1.32. The van der Waals surface area contributed by atoms with Gasteiger partial charge in [0.2, 0.25) is 10.0 Å². The first-order chi connectivity index (χ1) is 15.6. The van der Waals surface area contributed by atoms with Crippen LogP contribution < -0.4 is 0 Å². The predicted octanol–water partition coefficient (Wildman–Crippen LogP) is 3.35. The van der Waals surface area contributed by atoms with E-state index in [1.165, 1.54) is 11.8 Å². The van der Waals surface area contributed by atoms with Gasteiger partial charge in [0.15, 0.2) is 5.82 Å². The maximum atomic E-state index is 12.8. The molecule has 8 nitrogen and oxygen atoms in total. The van der Waals surface area contributed by atoms with Gasteiger partial charge >= 0.3 is 0 Å². The molecule has 0 unspecified atom stereocenters. The van der Waals surface area contributed by atoms with Crippen LogP contribution in [0.3, 0.4) is 0 Å². The average Bonchev–Trinajstić information content (AvgIpc) is 3.50. The highest BCUT2D eigenvalue weighted by molar-refractivity contribution is 7.89. The van der Waals surface area contributed by atoms with Crippen molar-refractivity contribution in [1.82, 2.24) is 28.9 Å². The van der Waals surface area contributed by atoms with Crippen LogP contribution in [0.4, 0.5) is 0 Å². The predicted molar refractivity (Wildman–Crippen MR) is 121 cm³/mol. The van der Waals surface area contributed by atoms with Crippen molar-refractivity contribution in [3.63, 3.8) is 0 Å². The summed E-state index contributed by atoms with van der Waals surface area (Å²) in [6.07, 6.45) is 11.7. The summed E-state index contributed by atoms with van der Waals surface area (Å²) >= 11 is 0. The van der Waals surface area contributed by atoms with Gasteiger partial charge in [-0.2, -0.15) is 14.5 Å². The highest BCUT2D eigenvalue weighted by Crippen LogP contribution is 2.22. The number of pyridine rings is 1. The lowest BCUT2D eigenvalue weighted by Gasteiger charge is -2.25. The monoisotopic (exact) mass is 448 g/mol. The highest BCUT2D eigenvalue weighted by atomic mass is 32.2. The van der Waals surface area contributed by atoms with Gasteiger partial charge in [0.25, 0.3) is 0 Å². The smallest absolute Gasteiger partial charge is 0.244 e. The number of hydrogen-bond acceptors (Lipinski definition) is 5. The van der Waals surface area contributed by atoms with Crippen LogP contribution >= 0.6 is 0 Å². The van der Waals surface area contributed by atoms with Gasteiger partial charge in [-0.05, 0) is 30.5 Å². The zero-order valence-corrected chi connectivity index (χ0v) is 18.4. The van der Waals surface area contributed by atoms with Crippen molar-refractivity contribution in [2.75, 3.05) is 13.1 Å².